The largest absolute Gasteiger partial charge is 0.337 e. The lowest BCUT2D eigenvalue weighted by atomic mass is 10.0. The van der Waals surface area contributed by atoms with Gasteiger partial charge in [0.1, 0.15) is 12.7 Å². The zero-order valence-corrected chi connectivity index (χ0v) is 12.8. The van der Waals surface area contributed by atoms with Crippen LogP contribution in [0.3, 0.4) is 0 Å². The Labute approximate surface area is 132 Å². The van der Waals surface area contributed by atoms with Gasteiger partial charge < -0.3 is 4.90 Å². The molecule has 2 heterocycles. The van der Waals surface area contributed by atoms with Crippen LogP contribution in [0.1, 0.15) is 34.8 Å². The van der Waals surface area contributed by atoms with E-state index in [9.17, 15) is 14.9 Å². The van der Waals surface area contributed by atoms with E-state index in [0.29, 0.717) is 24.2 Å². The van der Waals surface area contributed by atoms with Crippen LogP contribution < -0.4 is 0 Å². The molecule has 1 fully saturated rings. The van der Waals surface area contributed by atoms with Crippen LogP contribution in [0.2, 0.25) is 0 Å². The molecule has 1 aliphatic heterocycles. The first-order chi connectivity index (χ1) is 11.1. The summed E-state index contributed by atoms with van der Waals surface area (Å²) in [7, 11) is 0. The Hall–Kier alpha value is -2.77. The molecule has 3 rings (SSSR count). The SMILES string of the molecule is Cc1cc(C(=O)N2CCC[C@H](n3cncn3)C2)ccc1[N+](=O)[O-]. The van der Waals surface area contributed by atoms with Crippen molar-refractivity contribution >= 4 is 11.6 Å². The van der Waals surface area contributed by atoms with Gasteiger partial charge in [-0.25, -0.2) is 9.67 Å². The summed E-state index contributed by atoms with van der Waals surface area (Å²) < 4.78 is 1.78. The molecule has 2 aromatic rings. The van der Waals surface area contributed by atoms with Crippen LogP contribution in [-0.2, 0) is 0 Å². The van der Waals surface area contributed by atoms with Gasteiger partial charge in [0.2, 0.25) is 0 Å². The summed E-state index contributed by atoms with van der Waals surface area (Å²) in [5.41, 5.74) is 0.999. The number of nitro benzene ring substituents is 1. The summed E-state index contributed by atoms with van der Waals surface area (Å²) in [6.07, 6.45) is 4.99. The summed E-state index contributed by atoms with van der Waals surface area (Å²) in [4.78, 5) is 28.8. The van der Waals surface area contributed by atoms with Gasteiger partial charge in [0.15, 0.2) is 0 Å². The standard InChI is InChI=1S/C15H17N5O3/c1-11-7-12(4-5-14(11)20(22)23)15(21)18-6-2-3-13(8-18)19-10-16-9-17-19/h4-5,7,9-10,13H,2-3,6,8H2,1H3/t13-/m0/s1. The number of rotatable bonds is 3. The Balaban J connectivity index is 1.77. The fourth-order valence-corrected chi connectivity index (χ4v) is 2.94. The van der Waals surface area contributed by atoms with E-state index in [4.69, 9.17) is 0 Å². The average molecular weight is 315 g/mol. The lowest BCUT2D eigenvalue weighted by molar-refractivity contribution is -0.385. The number of piperidine rings is 1. The second-order valence-corrected chi connectivity index (χ2v) is 5.68. The van der Waals surface area contributed by atoms with Gasteiger partial charge in [-0.3, -0.25) is 14.9 Å². The first-order valence-corrected chi connectivity index (χ1v) is 7.44. The molecule has 1 saturated heterocycles. The van der Waals surface area contributed by atoms with E-state index >= 15 is 0 Å². The fraction of sp³-hybridized carbons (Fsp3) is 0.400. The monoisotopic (exact) mass is 315 g/mol. The molecular weight excluding hydrogens is 298 g/mol. The van der Waals surface area contributed by atoms with Crippen LogP contribution in [0.15, 0.2) is 30.9 Å². The Morgan fingerprint density at radius 2 is 2.26 bits per heavy atom. The lowest BCUT2D eigenvalue weighted by Gasteiger charge is -2.32. The third-order valence-electron chi connectivity index (χ3n) is 4.13. The molecule has 0 N–H and O–H groups in total. The molecule has 1 amide bonds. The number of nitro groups is 1. The first-order valence-electron chi connectivity index (χ1n) is 7.44. The Morgan fingerprint density at radius 1 is 1.43 bits per heavy atom. The highest BCUT2D eigenvalue weighted by Gasteiger charge is 2.26. The molecule has 8 heteroatoms. The van der Waals surface area contributed by atoms with Crippen molar-refractivity contribution in [1.82, 2.24) is 19.7 Å². The summed E-state index contributed by atoms with van der Waals surface area (Å²) in [5.74, 6) is -0.104. The second-order valence-electron chi connectivity index (χ2n) is 5.68. The highest BCUT2D eigenvalue weighted by atomic mass is 16.6. The van der Waals surface area contributed by atoms with Gasteiger partial charge in [-0.2, -0.15) is 5.10 Å². The Morgan fingerprint density at radius 3 is 2.91 bits per heavy atom. The molecule has 0 unspecified atom stereocenters. The van der Waals surface area contributed by atoms with Crippen LogP contribution in [-0.4, -0.2) is 43.6 Å². The normalized spacial score (nSPS) is 18.0. The molecule has 0 spiro atoms. The van der Waals surface area contributed by atoms with E-state index in [1.165, 1.54) is 18.5 Å². The summed E-state index contributed by atoms with van der Waals surface area (Å²) in [6.45, 7) is 2.89. The predicted octanol–water partition coefficient (Wildman–Crippen LogP) is 1.97. The number of aryl methyl sites for hydroxylation is 1. The Kier molecular flexibility index (Phi) is 4.05. The lowest BCUT2D eigenvalue weighted by Crippen LogP contribution is -2.40. The highest BCUT2D eigenvalue weighted by Crippen LogP contribution is 2.24. The number of likely N-dealkylation sites (tertiary alicyclic amines) is 1. The first kappa shape index (κ1) is 15.1. The maximum atomic E-state index is 12.7. The van der Waals surface area contributed by atoms with E-state index in [1.54, 1.807) is 28.9 Å². The molecule has 1 aromatic carbocycles. The summed E-state index contributed by atoms with van der Waals surface area (Å²) in [6, 6.07) is 4.61. The number of carbonyl (C=O) groups excluding carboxylic acids is 1. The van der Waals surface area contributed by atoms with Gasteiger partial charge in [-0.15, -0.1) is 0 Å². The fourth-order valence-electron chi connectivity index (χ4n) is 2.94. The van der Waals surface area contributed by atoms with Gasteiger partial charge in [0.05, 0.1) is 11.0 Å². The minimum atomic E-state index is -0.439. The van der Waals surface area contributed by atoms with Crippen molar-refractivity contribution in [3.8, 4) is 0 Å². The van der Waals surface area contributed by atoms with E-state index in [1.807, 2.05) is 0 Å². The molecule has 0 radical (unpaired) electrons. The molecule has 0 bridgehead atoms. The van der Waals surface area contributed by atoms with Gasteiger partial charge in [0, 0.05) is 30.3 Å². The van der Waals surface area contributed by atoms with E-state index in [2.05, 4.69) is 10.1 Å². The van der Waals surface area contributed by atoms with E-state index < -0.39 is 4.92 Å². The number of hydrogen-bond acceptors (Lipinski definition) is 5. The number of carbonyl (C=O) groups is 1. The summed E-state index contributed by atoms with van der Waals surface area (Å²) in [5, 5.41) is 15.0. The van der Waals surface area contributed by atoms with E-state index in [-0.39, 0.29) is 17.6 Å². The van der Waals surface area contributed by atoms with Gasteiger partial charge in [0.25, 0.3) is 11.6 Å². The number of nitrogens with zero attached hydrogens (tertiary/aromatic N) is 5. The Bertz CT molecular complexity index is 729. The topological polar surface area (TPSA) is 94.2 Å². The third-order valence-corrected chi connectivity index (χ3v) is 4.13. The second kappa shape index (κ2) is 6.15. The van der Waals surface area contributed by atoms with Crippen LogP contribution in [0.4, 0.5) is 5.69 Å². The van der Waals surface area contributed by atoms with Crippen LogP contribution in [0.25, 0.3) is 0 Å². The molecule has 1 aliphatic rings. The van der Waals surface area contributed by atoms with Crippen molar-refractivity contribution in [2.45, 2.75) is 25.8 Å². The van der Waals surface area contributed by atoms with Gasteiger partial charge >= 0.3 is 0 Å². The minimum absolute atomic E-state index is 0.0284. The van der Waals surface area contributed by atoms with Crippen molar-refractivity contribution in [2.24, 2.45) is 0 Å². The maximum absolute atomic E-state index is 12.7. The molecule has 120 valence electrons. The molecule has 0 aliphatic carbocycles. The number of benzene rings is 1. The smallest absolute Gasteiger partial charge is 0.272 e. The van der Waals surface area contributed by atoms with Crippen LogP contribution >= 0.6 is 0 Å². The quantitative estimate of drug-likeness (QED) is 0.637. The van der Waals surface area contributed by atoms with Gasteiger partial charge in [-0.05, 0) is 31.9 Å². The zero-order valence-electron chi connectivity index (χ0n) is 12.8. The van der Waals surface area contributed by atoms with Crippen molar-refractivity contribution in [3.63, 3.8) is 0 Å². The van der Waals surface area contributed by atoms with Crippen LogP contribution in [0.5, 0.6) is 0 Å². The number of hydrogen-bond donors (Lipinski definition) is 0. The molecule has 8 nitrogen and oxygen atoms in total. The predicted molar refractivity (Wildman–Crippen MR) is 82.0 cm³/mol. The molecular formula is C15H17N5O3. The number of amides is 1. The van der Waals surface area contributed by atoms with E-state index in [0.717, 1.165) is 12.8 Å². The molecule has 1 atom stereocenters. The van der Waals surface area contributed by atoms with Crippen molar-refractivity contribution in [3.05, 3.63) is 52.1 Å². The molecule has 0 saturated carbocycles. The average Bonchev–Trinajstić information content (AvgIpc) is 3.08. The highest BCUT2D eigenvalue weighted by molar-refractivity contribution is 5.94. The van der Waals surface area contributed by atoms with Crippen molar-refractivity contribution in [1.29, 1.82) is 0 Å². The maximum Gasteiger partial charge on any atom is 0.272 e. The zero-order chi connectivity index (χ0) is 16.4. The van der Waals surface area contributed by atoms with Crippen molar-refractivity contribution in [2.75, 3.05) is 13.1 Å². The van der Waals surface area contributed by atoms with Gasteiger partial charge in [-0.1, -0.05) is 0 Å². The third kappa shape index (κ3) is 3.05. The minimum Gasteiger partial charge on any atom is -0.337 e. The molecule has 23 heavy (non-hydrogen) atoms. The summed E-state index contributed by atoms with van der Waals surface area (Å²) >= 11 is 0. The number of aromatic nitrogens is 3. The van der Waals surface area contributed by atoms with Crippen molar-refractivity contribution < 1.29 is 9.72 Å². The molecule has 1 aromatic heterocycles. The van der Waals surface area contributed by atoms with Crippen LogP contribution in [0, 0.1) is 17.0 Å².